The van der Waals surface area contributed by atoms with Crippen LogP contribution in [0.4, 0.5) is 0 Å². The van der Waals surface area contributed by atoms with Crippen LogP contribution in [0.3, 0.4) is 0 Å². The standard InChI is InChI=1S/C6H7ClN4/c1-11-6(4-9-10-11)5(2-7)3-8/h4-5H,2H2,1H3. The predicted octanol–water partition coefficient (Wildman–Crippen LogP) is 0.661. The Hall–Kier alpha value is -1.08. The lowest BCUT2D eigenvalue weighted by atomic mass is 10.1. The van der Waals surface area contributed by atoms with E-state index in [-0.39, 0.29) is 11.8 Å². The molecule has 0 bridgehead atoms. The normalized spacial score (nSPS) is 12.5. The maximum atomic E-state index is 8.62. The van der Waals surface area contributed by atoms with Gasteiger partial charge >= 0.3 is 0 Å². The highest BCUT2D eigenvalue weighted by Gasteiger charge is 2.12. The Morgan fingerprint density at radius 2 is 2.64 bits per heavy atom. The average Bonchev–Trinajstić information content (AvgIpc) is 2.40. The fraction of sp³-hybridized carbons (Fsp3) is 0.500. The van der Waals surface area contributed by atoms with Gasteiger partial charge in [-0.3, -0.25) is 4.68 Å². The molecule has 4 nitrogen and oxygen atoms in total. The molecule has 5 heteroatoms. The zero-order valence-corrected chi connectivity index (χ0v) is 6.78. The maximum absolute atomic E-state index is 8.62. The molecular formula is C6H7ClN4. The van der Waals surface area contributed by atoms with Gasteiger partial charge in [-0.1, -0.05) is 5.21 Å². The Morgan fingerprint density at radius 3 is 3.00 bits per heavy atom. The van der Waals surface area contributed by atoms with E-state index in [2.05, 4.69) is 16.4 Å². The van der Waals surface area contributed by atoms with Crippen molar-refractivity contribution < 1.29 is 0 Å². The second-order valence-electron chi connectivity index (χ2n) is 2.12. The SMILES string of the molecule is Cn1nncc1C(C#N)CCl. The van der Waals surface area contributed by atoms with Gasteiger partial charge in [0.1, 0.15) is 5.92 Å². The molecular weight excluding hydrogens is 164 g/mol. The fourth-order valence-electron chi connectivity index (χ4n) is 0.793. The summed E-state index contributed by atoms with van der Waals surface area (Å²) >= 11 is 5.54. The maximum Gasteiger partial charge on any atom is 0.103 e. The van der Waals surface area contributed by atoms with E-state index in [4.69, 9.17) is 16.9 Å². The molecule has 0 fully saturated rings. The van der Waals surface area contributed by atoms with E-state index in [0.29, 0.717) is 0 Å². The van der Waals surface area contributed by atoms with Crippen molar-refractivity contribution in [3.63, 3.8) is 0 Å². The fourth-order valence-corrected chi connectivity index (χ4v) is 1.02. The van der Waals surface area contributed by atoms with Gasteiger partial charge in [0.05, 0.1) is 18.0 Å². The van der Waals surface area contributed by atoms with Crippen LogP contribution in [-0.2, 0) is 7.05 Å². The van der Waals surface area contributed by atoms with Gasteiger partial charge in [0.25, 0.3) is 0 Å². The first-order valence-corrected chi connectivity index (χ1v) is 3.63. The quantitative estimate of drug-likeness (QED) is 0.613. The Morgan fingerprint density at radius 1 is 1.91 bits per heavy atom. The largest absolute Gasteiger partial charge is 0.251 e. The van der Waals surface area contributed by atoms with E-state index in [1.54, 1.807) is 17.9 Å². The molecule has 1 atom stereocenters. The highest BCUT2D eigenvalue weighted by molar-refractivity contribution is 6.18. The molecule has 1 aromatic rings. The number of hydrogen-bond acceptors (Lipinski definition) is 3. The van der Waals surface area contributed by atoms with Gasteiger partial charge in [-0.15, -0.1) is 16.7 Å². The van der Waals surface area contributed by atoms with Crippen molar-refractivity contribution in [1.82, 2.24) is 15.0 Å². The lowest BCUT2D eigenvalue weighted by molar-refractivity contribution is 0.669. The minimum atomic E-state index is -0.309. The Kier molecular flexibility index (Phi) is 2.44. The number of hydrogen-bond donors (Lipinski definition) is 0. The summed E-state index contributed by atoms with van der Waals surface area (Å²) in [5.41, 5.74) is 0.752. The summed E-state index contributed by atoms with van der Waals surface area (Å²) in [7, 11) is 1.74. The van der Waals surface area contributed by atoms with Crippen molar-refractivity contribution >= 4 is 11.6 Å². The number of aryl methyl sites for hydroxylation is 1. The van der Waals surface area contributed by atoms with Crippen molar-refractivity contribution in [2.24, 2.45) is 7.05 Å². The summed E-state index contributed by atoms with van der Waals surface area (Å²) in [5, 5.41) is 16.0. The molecule has 0 radical (unpaired) electrons. The minimum Gasteiger partial charge on any atom is -0.251 e. The van der Waals surface area contributed by atoms with Crippen molar-refractivity contribution in [1.29, 1.82) is 5.26 Å². The third kappa shape index (κ3) is 1.49. The second kappa shape index (κ2) is 3.35. The smallest absolute Gasteiger partial charge is 0.103 e. The molecule has 1 aromatic heterocycles. The Labute approximate surface area is 69.4 Å². The van der Waals surface area contributed by atoms with Crippen LogP contribution >= 0.6 is 11.6 Å². The average molecular weight is 171 g/mol. The van der Waals surface area contributed by atoms with Crippen LogP contribution in [0, 0.1) is 11.3 Å². The van der Waals surface area contributed by atoms with Gasteiger partial charge in [0, 0.05) is 12.9 Å². The number of nitriles is 1. The highest BCUT2D eigenvalue weighted by Crippen LogP contribution is 2.13. The van der Waals surface area contributed by atoms with Crippen LogP contribution in [-0.4, -0.2) is 20.9 Å². The van der Waals surface area contributed by atoms with Crippen LogP contribution in [0.2, 0.25) is 0 Å². The molecule has 0 aliphatic carbocycles. The molecule has 0 amide bonds. The number of aromatic nitrogens is 3. The van der Waals surface area contributed by atoms with Crippen molar-refractivity contribution in [2.75, 3.05) is 5.88 Å². The lowest BCUT2D eigenvalue weighted by Crippen LogP contribution is -2.04. The topological polar surface area (TPSA) is 54.5 Å². The summed E-state index contributed by atoms with van der Waals surface area (Å²) in [4.78, 5) is 0. The molecule has 0 aliphatic rings. The zero-order valence-electron chi connectivity index (χ0n) is 6.03. The molecule has 0 aliphatic heterocycles. The molecule has 0 N–H and O–H groups in total. The van der Waals surface area contributed by atoms with Crippen LogP contribution in [0.15, 0.2) is 6.20 Å². The number of rotatable bonds is 2. The predicted molar refractivity (Wildman–Crippen MR) is 40.1 cm³/mol. The van der Waals surface area contributed by atoms with Crippen molar-refractivity contribution in [2.45, 2.75) is 5.92 Å². The van der Waals surface area contributed by atoms with Gasteiger partial charge in [-0.2, -0.15) is 5.26 Å². The summed E-state index contributed by atoms with van der Waals surface area (Å²) < 4.78 is 1.55. The van der Waals surface area contributed by atoms with E-state index in [1.165, 1.54) is 0 Å². The number of alkyl halides is 1. The van der Waals surface area contributed by atoms with Crippen molar-refractivity contribution in [3.05, 3.63) is 11.9 Å². The van der Waals surface area contributed by atoms with Gasteiger partial charge in [-0.25, -0.2) is 0 Å². The number of nitrogens with zero attached hydrogens (tertiary/aromatic N) is 4. The van der Waals surface area contributed by atoms with E-state index < -0.39 is 0 Å². The molecule has 0 aromatic carbocycles. The lowest BCUT2D eigenvalue weighted by Gasteiger charge is -2.02. The molecule has 0 spiro atoms. The first-order chi connectivity index (χ1) is 5.29. The van der Waals surface area contributed by atoms with Crippen LogP contribution in [0.1, 0.15) is 11.6 Å². The first-order valence-electron chi connectivity index (χ1n) is 3.09. The third-order valence-corrected chi connectivity index (χ3v) is 1.73. The number of halogens is 1. The van der Waals surface area contributed by atoms with E-state index in [0.717, 1.165) is 5.69 Å². The second-order valence-corrected chi connectivity index (χ2v) is 2.43. The minimum absolute atomic E-state index is 0.276. The molecule has 58 valence electrons. The van der Waals surface area contributed by atoms with Crippen LogP contribution < -0.4 is 0 Å². The Bertz CT molecular complexity index is 274. The molecule has 0 saturated carbocycles. The summed E-state index contributed by atoms with van der Waals surface area (Å²) in [5.74, 6) is -0.0331. The van der Waals surface area contributed by atoms with E-state index in [9.17, 15) is 0 Å². The monoisotopic (exact) mass is 170 g/mol. The first kappa shape index (κ1) is 8.02. The molecule has 1 rings (SSSR count). The molecule has 1 heterocycles. The van der Waals surface area contributed by atoms with Crippen molar-refractivity contribution in [3.8, 4) is 6.07 Å². The van der Waals surface area contributed by atoms with E-state index in [1.807, 2.05) is 0 Å². The molecule has 0 saturated heterocycles. The zero-order chi connectivity index (χ0) is 8.27. The summed E-state index contributed by atoms with van der Waals surface area (Å²) in [6.45, 7) is 0. The van der Waals surface area contributed by atoms with Gasteiger partial charge in [0.2, 0.25) is 0 Å². The molecule has 11 heavy (non-hydrogen) atoms. The summed E-state index contributed by atoms with van der Waals surface area (Å²) in [6, 6.07) is 2.06. The Balaban J connectivity index is 2.92. The summed E-state index contributed by atoms with van der Waals surface area (Å²) in [6.07, 6.45) is 1.55. The molecule has 1 unspecified atom stereocenters. The van der Waals surface area contributed by atoms with Crippen LogP contribution in [0.25, 0.3) is 0 Å². The van der Waals surface area contributed by atoms with Gasteiger partial charge < -0.3 is 0 Å². The van der Waals surface area contributed by atoms with Gasteiger partial charge in [0.15, 0.2) is 0 Å². The third-order valence-electron chi connectivity index (χ3n) is 1.42. The van der Waals surface area contributed by atoms with E-state index >= 15 is 0 Å². The van der Waals surface area contributed by atoms with Gasteiger partial charge in [-0.05, 0) is 0 Å². The highest BCUT2D eigenvalue weighted by atomic mass is 35.5. The van der Waals surface area contributed by atoms with Crippen LogP contribution in [0.5, 0.6) is 0 Å².